The van der Waals surface area contributed by atoms with Crippen LogP contribution in [0, 0.1) is 0 Å². The number of aromatic nitrogens is 1. The Bertz CT molecular complexity index is 892. The smallest absolute Gasteiger partial charge is 0.355 e. The van der Waals surface area contributed by atoms with E-state index >= 15 is 0 Å². The lowest BCUT2D eigenvalue weighted by Crippen LogP contribution is -2.22. The van der Waals surface area contributed by atoms with Crippen LogP contribution in [-0.2, 0) is 18.9 Å². The van der Waals surface area contributed by atoms with Gasteiger partial charge >= 0.3 is 23.9 Å². The van der Waals surface area contributed by atoms with Crippen LogP contribution < -0.4 is 0 Å². The first-order valence-corrected chi connectivity index (χ1v) is 8.50. The molecule has 1 unspecified atom stereocenters. The van der Waals surface area contributed by atoms with Gasteiger partial charge in [-0.3, -0.25) is 0 Å². The number of carbonyl (C=O) groups excluding carboxylic acids is 4. The lowest BCUT2D eigenvalue weighted by Gasteiger charge is -2.20. The quantitative estimate of drug-likeness (QED) is 0.533. The molecule has 0 fully saturated rings. The molecule has 9 heteroatoms. The molecule has 1 atom stereocenters. The highest BCUT2D eigenvalue weighted by molar-refractivity contribution is 6.15. The minimum Gasteiger partial charge on any atom is -0.465 e. The lowest BCUT2D eigenvalue weighted by molar-refractivity contribution is 0.0530. The number of rotatable bonds is 6. The van der Waals surface area contributed by atoms with Gasteiger partial charge in [-0.25, -0.2) is 19.2 Å². The number of nitrogens with zero attached hydrogens (tertiary/aromatic N) is 1. The molecule has 0 N–H and O–H groups in total. The van der Waals surface area contributed by atoms with Crippen LogP contribution in [0.2, 0.25) is 0 Å². The van der Waals surface area contributed by atoms with E-state index in [-0.39, 0.29) is 11.4 Å². The second-order valence-electron chi connectivity index (χ2n) is 5.87. The van der Waals surface area contributed by atoms with Crippen LogP contribution in [0.3, 0.4) is 0 Å². The molecule has 0 amide bonds. The number of benzene rings is 1. The van der Waals surface area contributed by atoms with E-state index in [1.807, 2.05) is 0 Å². The van der Waals surface area contributed by atoms with Gasteiger partial charge in [0.05, 0.1) is 34.5 Å². The van der Waals surface area contributed by atoms with Gasteiger partial charge in [-0.05, 0) is 12.5 Å². The Morgan fingerprint density at radius 3 is 1.41 bits per heavy atom. The van der Waals surface area contributed by atoms with Crippen LogP contribution in [0.1, 0.15) is 60.2 Å². The zero-order valence-corrected chi connectivity index (χ0v) is 16.7. The van der Waals surface area contributed by atoms with Crippen molar-refractivity contribution < 1.29 is 38.1 Å². The average Bonchev–Trinajstić information content (AvgIpc) is 3.12. The molecule has 2 aromatic rings. The van der Waals surface area contributed by atoms with Crippen molar-refractivity contribution in [2.75, 3.05) is 28.4 Å². The van der Waals surface area contributed by atoms with Crippen molar-refractivity contribution in [2.45, 2.75) is 13.0 Å². The fraction of sp³-hybridized carbons (Fsp3) is 0.300. The minimum absolute atomic E-state index is 0.323. The van der Waals surface area contributed by atoms with Gasteiger partial charge in [-0.15, -0.1) is 0 Å². The number of carbonyl (C=O) groups is 4. The lowest BCUT2D eigenvalue weighted by atomic mass is 10.1. The fourth-order valence-electron chi connectivity index (χ4n) is 3.05. The fourth-order valence-corrected chi connectivity index (χ4v) is 3.05. The predicted molar refractivity (Wildman–Crippen MR) is 100 cm³/mol. The van der Waals surface area contributed by atoms with Gasteiger partial charge in [0.25, 0.3) is 0 Å². The SMILES string of the molecule is COC(=O)c1c(C(=O)OC)c(C(=O)OC)n(C(C)c2ccccc2)c1C(=O)OC. The monoisotopic (exact) mass is 403 g/mol. The maximum atomic E-state index is 12.6. The zero-order chi connectivity index (χ0) is 21.7. The van der Waals surface area contributed by atoms with Crippen molar-refractivity contribution in [3.63, 3.8) is 0 Å². The van der Waals surface area contributed by atoms with E-state index in [2.05, 4.69) is 0 Å². The Morgan fingerprint density at radius 2 is 1.07 bits per heavy atom. The number of hydrogen-bond donors (Lipinski definition) is 0. The summed E-state index contributed by atoms with van der Waals surface area (Å²) in [5, 5.41) is 0. The van der Waals surface area contributed by atoms with Crippen molar-refractivity contribution in [3.05, 3.63) is 58.4 Å². The van der Waals surface area contributed by atoms with E-state index in [4.69, 9.17) is 18.9 Å². The molecule has 2 rings (SSSR count). The van der Waals surface area contributed by atoms with Crippen molar-refractivity contribution in [1.82, 2.24) is 4.57 Å². The van der Waals surface area contributed by atoms with Crippen LogP contribution in [0.5, 0.6) is 0 Å². The van der Waals surface area contributed by atoms with Gasteiger partial charge < -0.3 is 23.5 Å². The molecule has 9 nitrogen and oxygen atoms in total. The molecule has 0 bridgehead atoms. The maximum absolute atomic E-state index is 12.6. The first-order chi connectivity index (χ1) is 13.8. The normalized spacial score (nSPS) is 11.3. The molecule has 0 radical (unpaired) electrons. The maximum Gasteiger partial charge on any atom is 0.355 e. The van der Waals surface area contributed by atoms with E-state index in [9.17, 15) is 19.2 Å². The summed E-state index contributed by atoms with van der Waals surface area (Å²) in [4.78, 5) is 50.3. The van der Waals surface area contributed by atoms with Crippen LogP contribution in [0.25, 0.3) is 0 Å². The third-order valence-electron chi connectivity index (χ3n) is 4.41. The molecule has 0 aliphatic heterocycles. The zero-order valence-electron chi connectivity index (χ0n) is 16.7. The van der Waals surface area contributed by atoms with Crippen LogP contribution in [0.4, 0.5) is 0 Å². The molecule has 0 aliphatic rings. The second-order valence-corrected chi connectivity index (χ2v) is 5.87. The Labute approximate surface area is 167 Å². The van der Waals surface area contributed by atoms with Gasteiger partial charge in [0.15, 0.2) is 0 Å². The Hall–Kier alpha value is -3.62. The molecule has 0 aliphatic carbocycles. The molecule has 154 valence electrons. The number of methoxy groups -OCH3 is 4. The van der Waals surface area contributed by atoms with Crippen LogP contribution in [-0.4, -0.2) is 56.9 Å². The van der Waals surface area contributed by atoms with Gasteiger partial charge in [0.2, 0.25) is 0 Å². The van der Waals surface area contributed by atoms with Gasteiger partial charge in [0.1, 0.15) is 22.5 Å². The van der Waals surface area contributed by atoms with E-state index in [1.165, 1.54) is 4.57 Å². The predicted octanol–water partition coefficient (Wildman–Crippen LogP) is 2.24. The first kappa shape index (κ1) is 21.7. The molecule has 0 spiro atoms. The summed E-state index contributed by atoms with van der Waals surface area (Å²) in [5.74, 6) is -3.88. The van der Waals surface area contributed by atoms with Gasteiger partial charge in [-0.1, -0.05) is 30.3 Å². The molecular weight excluding hydrogens is 382 g/mol. The highest BCUT2D eigenvalue weighted by Gasteiger charge is 2.40. The van der Waals surface area contributed by atoms with Crippen molar-refractivity contribution in [1.29, 1.82) is 0 Å². The number of esters is 4. The summed E-state index contributed by atoms with van der Waals surface area (Å²) >= 11 is 0. The Kier molecular flexibility index (Phi) is 6.76. The molecule has 29 heavy (non-hydrogen) atoms. The molecule has 0 saturated carbocycles. The highest BCUT2D eigenvalue weighted by Crippen LogP contribution is 2.32. The van der Waals surface area contributed by atoms with Crippen LogP contribution >= 0.6 is 0 Å². The molecular formula is C20H21NO8. The largest absolute Gasteiger partial charge is 0.465 e. The van der Waals surface area contributed by atoms with E-state index in [0.29, 0.717) is 5.56 Å². The summed E-state index contributed by atoms with van der Waals surface area (Å²) in [7, 11) is 4.40. The molecule has 1 aromatic heterocycles. The van der Waals surface area contributed by atoms with Crippen molar-refractivity contribution in [2.24, 2.45) is 0 Å². The third kappa shape index (κ3) is 3.84. The summed E-state index contributed by atoms with van der Waals surface area (Å²) in [6, 6.07) is 8.22. The Morgan fingerprint density at radius 1 is 0.690 bits per heavy atom. The summed E-state index contributed by atoms with van der Waals surface area (Å²) in [6.07, 6.45) is 0. The van der Waals surface area contributed by atoms with Crippen LogP contribution in [0.15, 0.2) is 30.3 Å². The van der Waals surface area contributed by atoms with Gasteiger partial charge in [0, 0.05) is 0 Å². The number of hydrogen-bond acceptors (Lipinski definition) is 8. The summed E-state index contributed by atoms with van der Waals surface area (Å²) in [6.45, 7) is 1.69. The topological polar surface area (TPSA) is 110 Å². The molecule has 1 aromatic carbocycles. The molecule has 0 saturated heterocycles. The number of ether oxygens (including phenoxy) is 4. The Balaban J connectivity index is 3.04. The van der Waals surface area contributed by atoms with E-state index in [1.54, 1.807) is 37.3 Å². The van der Waals surface area contributed by atoms with E-state index in [0.717, 1.165) is 28.4 Å². The van der Waals surface area contributed by atoms with Crippen molar-refractivity contribution in [3.8, 4) is 0 Å². The van der Waals surface area contributed by atoms with Gasteiger partial charge in [-0.2, -0.15) is 0 Å². The average molecular weight is 403 g/mol. The summed E-state index contributed by atoms with van der Waals surface area (Å²) < 4.78 is 20.4. The second kappa shape index (κ2) is 9.05. The first-order valence-electron chi connectivity index (χ1n) is 8.50. The molecule has 1 heterocycles. The van der Waals surface area contributed by atoms with E-state index < -0.39 is 41.0 Å². The van der Waals surface area contributed by atoms with Crippen molar-refractivity contribution >= 4 is 23.9 Å². The standard InChI is InChI=1S/C20H21NO8/c1-11(12-9-7-6-8-10-12)21-15(19(24)28-4)13(17(22)26-2)14(18(23)27-3)16(21)20(25)29-5/h6-11H,1-5H3. The minimum atomic E-state index is -1.00. The summed E-state index contributed by atoms with van der Waals surface area (Å²) in [5.41, 5.74) is -0.817. The third-order valence-corrected chi connectivity index (χ3v) is 4.41. The highest BCUT2D eigenvalue weighted by atomic mass is 16.5.